The van der Waals surface area contributed by atoms with Gasteiger partial charge < -0.3 is 10.4 Å². The van der Waals surface area contributed by atoms with Crippen molar-refractivity contribution in [2.45, 2.75) is 46.1 Å². The number of carboxylic acid groups (broad SMARTS) is 1. The van der Waals surface area contributed by atoms with Crippen molar-refractivity contribution < 1.29 is 14.7 Å². The summed E-state index contributed by atoms with van der Waals surface area (Å²) in [4.78, 5) is 23.8. The SMILES string of the molecule is CCCC(C)(NC(=O)c1ccc(-n2nc(C)cc2C)cc1)C(=O)O. The number of nitrogens with one attached hydrogen (secondary N) is 1. The maximum atomic E-state index is 12.4. The number of amides is 1. The second-order valence-electron chi connectivity index (χ2n) is 6.23. The van der Waals surface area contributed by atoms with Gasteiger partial charge in [-0.15, -0.1) is 0 Å². The Hall–Kier alpha value is -2.63. The maximum Gasteiger partial charge on any atom is 0.329 e. The van der Waals surface area contributed by atoms with E-state index in [0.29, 0.717) is 18.4 Å². The zero-order chi connectivity index (χ0) is 17.9. The van der Waals surface area contributed by atoms with Gasteiger partial charge in [0.05, 0.1) is 11.4 Å². The largest absolute Gasteiger partial charge is 0.480 e. The molecule has 1 aromatic carbocycles. The van der Waals surface area contributed by atoms with Crippen molar-refractivity contribution in [2.24, 2.45) is 0 Å². The lowest BCUT2D eigenvalue weighted by molar-refractivity contribution is -0.144. The second kappa shape index (κ2) is 6.86. The Morgan fingerprint density at radius 2 is 1.88 bits per heavy atom. The van der Waals surface area contributed by atoms with E-state index in [1.807, 2.05) is 26.8 Å². The van der Waals surface area contributed by atoms with Gasteiger partial charge in [0, 0.05) is 11.3 Å². The van der Waals surface area contributed by atoms with Crippen LogP contribution in [0, 0.1) is 13.8 Å². The molecule has 1 heterocycles. The van der Waals surface area contributed by atoms with Crippen LogP contribution < -0.4 is 5.32 Å². The minimum atomic E-state index is -1.26. The molecule has 0 bridgehead atoms. The zero-order valence-electron chi connectivity index (χ0n) is 14.5. The number of hydrogen-bond donors (Lipinski definition) is 2. The molecule has 0 radical (unpaired) electrons. The quantitative estimate of drug-likeness (QED) is 0.853. The van der Waals surface area contributed by atoms with Gasteiger partial charge in [0.15, 0.2) is 0 Å². The van der Waals surface area contributed by atoms with Gasteiger partial charge in [0.2, 0.25) is 0 Å². The number of carbonyl (C=O) groups is 2. The maximum absolute atomic E-state index is 12.4. The van der Waals surface area contributed by atoms with Crippen molar-refractivity contribution in [3.63, 3.8) is 0 Å². The van der Waals surface area contributed by atoms with E-state index in [1.54, 1.807) is 28.9 Å². The lowest BCUT2D eigenvalue weighted by Gasteiger charge is -2.25. The Bertz CT molecular complexity index is 749. The summed E-state index contributed by atoms with van der Waals surface area (Å²) in [6.45, 7) is 7.30. The highest BCUT2D eigenvalue weighted by Gasteiger charge is 2.34. The van der Waals surface area contributed by atoms with Crippen molar-refractivity contribution in [3.8, 4) is 5.69 Å². The van der Waals surface area contributed by atoms with Crippen molar-refractivity contribution >= 4 is 11.9 Å². The molecule has 0 aliphatic heterocycles. The first-order chi connectivity index (χ1) is 11.3. The molecule has 0 aliphatic rings. The second-order valence-corrected chi connectivity index (χ2v) is 6.23. The molecule has 0 saturated heterocycles. The van der Waals surface area contributed by atoms with Crippen LogP contribution in [0.2, 0.25) is 0 Å². The van der Waals surface area contributed by atoms with Crippen molar-refractivity contribution in [1.29, 1.82) is 0 Å². The first-order valence-corrected chi connectivity index (χ1v) is 7.96. The third-order valence-electron chi connectivity index (χ3n) is 4.00. The van der Waals surface area contributed by atoms with Crippen LogP contribution in [0.25, 0.3) is 5.69 Å². The fourth-order valence-corrected chi connectivity index (χ4v) is 2.69. The number of aliphatic carboxylic acids is 1. The molecule has 0 saturated carbocycles. The summed E-state index contributed by atoms with van der Waals surface area (Å²) in [7, 11) is 0. The predicted octanol–water partition coefficient (Wildman–Crippen LogP) is 2.86. The molecular weight excluding hydrogens is 306 g/mol. The van der Waals surface area contributed by atoms with Gasteiger partial charge in [0.25, 0.3) is 5.91 Å². The van der Waals surface area contributed by atoms with Crippen LogP contribution in [-0.4, -0.2) is 32.3 Å². The molecule has 1 unspecified atom stereocenters. The molecule has 2 rings (SSSR count). The third kappa shape index (κ3) is 3.64. The third-order valence-corrected chi connectivity index (χ3v) is 4.00. The van der Waals surface area contributed by atoms with Crippen LogP contribution in [0.4, 0.5) is 0 Å². The van der Waals surface area contributed by atoms with Crippen molar-refractivity contribution in [3.05, 3.63) is 47.3 Å². The minimum Gasteiger partial charge on any atom is -0.480 e. The Labute approximate surface area is 141 Å². The molecule has 2 aromatic rings. The number of aryl methyl sites for hydroxylation is 2. The fraction of sp³-hybridized carbons (Fsp3) is 0.389. The summed E-state index contributed by atoms with van der Waals surface area (Å²) in [6, 6.07) is 8.92. The summed E-state index contributed by atoms with van der Waals surface area (Å²) < 4.78 is 1.80. The molecule has 1 aromatic heterocycles. The Morgan fingerprint density at radius 3 is 2.33 bits per heavy atom. The number of carbonyl (C=O) groups excluding carboxylic acids is 1. The highest BCUT2D eigenvalue weighted by Crippen LogP contribution is 2.16. The van der Waals surface area contributed by atoms with Gasteiger partial charge in [-0.3, -0.25) is 4.79 Å². The predicted molar refractivity (Wildman–Crippen MR) is 91.5 cm³/mol. The molecule has 1 amide bonds. The van der Waals surface area contributed by atoms with E-state index in [1.165, 1.54) is 6.92 Å². The summed E-state index contributed by atoms with van der Waals surface area (Å²) >= 11 is 0. The topological polar surface area (TPSA) is 84.2 Å². The highest BCUT2D eigenvalue weighted by molar-refractivity contribution is 5.97. The highest BCUT2D eigenvalue weighted by atomic mass is 16.4. The monoisotopic (exact) mass is 329 g/mol. The number of nitrogens with zero attached hydrogens (tertiary/aromatic N) is 2. The number of hydrogen-bond acceptors (Lipinski definition) is 3. The van der Waals surface area contributed by atoms with E-state index in [0.717, 1.165) is 17.1 Å². The molecule has 1 atom stereocenters. The standard InChI is InChI=1S/C18H23N3O3/c1-5-10-18(4,17(23)24)19-16(22)14-6-8-15(9-7-14)21-13(3)11-12(2)20-21/h6-9,11H,5,10H2,1-4H3,(H,19,22)(H,23,24). The van der Waals surface area contributed by atoms with Gasteiger partial charge in [0.1, 0.15) is 5.54 Å². The normalized spacial score (nSPS) is 13.3. The molecule has 6 heteroatoms. The summed E-state index contributed by atoms with van der Waals surface area (Å²) in [5.41, 5.74) is 1.94. The average molecular weight is 329 g/mol. The summed E-state index contributed by atoms with van der Waals surface area (Å²) in [6.07, 6.45) is 1.04. The Balaban J connectivity index is 2.20. The molecule has 0 spiro atoms. The van der Waals surface area contributed by atoms with E-state index in [2.05, 4.69) is 10.4 Å². The van der Waals surface area contributed by atoms with Crippen LogP contribution in [-0.2, 0) is 4.79 Å². The molecule has 0 fully saturated rings. The number of aromatic nitrogens is 2. The van der Waals surface area contributed by atoms with Crippen LogP contribution in [0.3, 0.4) is 0 Å². The first-order valence-electron chi connectivity index (χ1n) is 7.96. The van der Waals surface area contributed by atoms with E-state index >= 15 is 0 Å². The van der Waals surface area contributed by atoms with Gasteiger partial charge >= 0.3 is 5.97 Å². The van der Waals surface area contributed by atoms with Crippen LogP contribution in [0.15, 0.2) is 30.3 Å². The van der Waals surface area contributed by atoms with Crippen molar-refractivity contribution in [2.75, 3.05) is 0 Å². The molecule has 128 valence electrons. The molecule has 24 heavy (non-hydrogen) atoms. The van der Waals surface area contributed by atoms with Gasteiger partial charge in [-0.2, -0.15) is 5.10 Å². The first kappa shape index (κ1) is 17.7. The number of carboxylic acids is 1. The minimum absolute atomic E-state index is 0.373. The summed E-state index contributed by atoms with van der Waals surface area (Å²) in [5.74, 6) is -1.43. The van der Waals surface area contributed by atoms with Crippen LogP contribution in [0.1, 0.15) is 48.4 Å². The van der Waals surface area contributed by atoms with Gasteiger partial charge in [-0.05, 0) is 57.5 Å². The molecule has 2 N–H and O–H groups in total. The molecular formula is C18H23N3O3. The Kier molecular flexibility index (Phi) is 5.07. The molecule has 0 aliphatic carbocycles. The lowest BCUT2D eigenvalue weighted by atomic mass is 9.95. The average Bonchev–Trinajstić information content (AvgIpc) is 2.86. The zero-order valence-corrected chi connectivity index (χ0v) is 14.5. The number of benzene rings is 1. The van der Waals surface area contributed by atoms with E-state index < -0.39 is 17.4 Å². The van der Waals surface area contributed by atoms with E-state index in [-0.39, 0.29) is 0 Å². The number of rotatable bonds is 6. The lowest BCUT2D eigenvalue weighted by Crippen LogP contribution is -2.52. The van der Waals surface area contributed by atoms with Gasteiger partial charge in [-0.1, -0.05) is 13.3 Å². The van der Waals surface area contributed by atoms with Crippen LogP contribution >= 0.6 is 0 Å². The van der Waals surface area contributed by atoms with Crippen LogP contribution in [0.5, 0.6) is 0 Å². The van der Waals surface area contributed by atoms with Gasteiger partial charge in [-0.25, -0.2) is 9.48 Å². The molecule has 6 nitrogen and oxygen atoms in total. The van der Waals surface area contributed by atoms with Crippen molar-refractivity contribution in [1.82, 2.24) is 15.1 Å². The van der Waals surface area contributed by atoms with E-state index in [9.17, 15) is 14.7 Å². The fourth-order valence-electron chi connectivity index (χ4n) is 2.69. The van der Waals surface area contributed by atoms with E-state index in [4.69, 9.17) is 0 Å². The smallest absolute Gasteiger partial charge is 0.329 e. The Morgan fingerprint density at radius 1 is 1.25 bits per heavy atom. The summed E-state index contributed by atoms with van der Waals surface area (Å²) in [5, 5.41) is 16.4.